The summed E-state index contributed by atoms with van der Waals surface area (Å²) in [4.78, 5) is 30.5. The molecule has 4 rings (SSSR count). The molecule has 2 aromatic carbocycles. The van der Waals surface area contributed by atoms with Crippen LogP contribution in [0.5, 0.6) is 0 Å². The van der Waals surface area contributed by atoms with Crippen molar-refractivity contribution in [1.29, 1.82) is 0 Å². The highest BCUT2D eigenvalue weighted by atomic mass is 31.1. The summed E-state index contributed by atoms with van der Waals surface area (Å²) < 4.78 is 13.2. The molecule has 5 nitrogen and oxygen atoms in total. The van der Waals surface area contributed by atoms with Crippen LogP contribution in [0.4, 0.5) is 0 Å². The van der Waals surface area contributed by atoms with E-state index in [1.54, 1.807) is 12.2 Å². The van der Waals surface area contributed by atoms with Gasteiger partial charge in [-0.05, 0) is 61.1 Å². The minimum absolute atomic E-state index is 0.487. The van der Waals surface area contributed by atoms with Crippen LogP contribution in [-0.2, 0) is 25.2 Å². The number of nitrogens with zero attached hydrogens (tertiary/aromatic N) is 2. The first kappa shape index (κ1) is 22.5. The number of carbonyl (C=O) groups excluding carboxylic acids is 2. The zero-order valence-electron chi connectivity index (χ0n) is 18.3. The van der Waals surface area contributed by atoms with E-state index < -0.39 is 18.9 Å². The van der Waals surface area contributed by atoms with Crippen LogP contribution in [0.3, 0.4) is 0 Å². The smallest absolute Gasteiger partial charge is 0.211 e. The van der Waals surface area contributed by atoms with Gasteiger partial charge in [0.2, 0.25) is 12.2 Å². The zero-order valence-corrected chi connectivity index (χ0v) is 19.2. The molecule has 0 unspecified atom stereocenters. The topological polar surface area (TPSA) is 75.9 Å². The Labute approximate surface area is 189 Å². The molecule has 0 N–H and O–H groups in total. The molecule has 2 fully saturated rings. The summed E-state index contributed by atoms with van der Waals surface area (Å²) in [7, 11) is -1.75. The van der Waals surface area contributed by atoms with Crippen LogP contribution in [0, 0.1) is 0 Å². The Balaban J connectivity index is 1.56. The van der Waals surface area contributed by atoms with Gasteiger partial charge in [0, 0.05) is 0 Å². The number of rotatable bonds is 6. The molecule has 0 saturated heterocycles. The first-order valence-corrected chi connectivity index (χ1v) is 12.7. The third-order valence-electron chi connectivity index (χ3n) is 7.16. The highest BCUT2D eigenvalue weighted by molar-refractivity contribution is 7.61. The molecule has 0 radical (unpaired) electrons. The number of isocyanates is 2. The zero-order chi connectivity index (χ0) is 22.4. The van der Waals surface area contributed by atoms with Crippen molar-refractivity contribution in [2.75, 3.05) is 0 Å². The van der Waals surface area contributed by atoms with E-state index in [2.05, 4.69) is 9.98 Å². The maximum Gasteiger partial charge on any atom is 0.415 e. The summed E-state index contributed by atoms with van der Waals surface area (Å²) in [6.45, 7) is 0. The lowest BCUT2D eigenvalue weighted by molar-refractivity contribution is 0.304. The number of aliphatic imine (C=N–C) groups is 2. The Morgan fingerprint density at radius 1 is 0.594 bits per heavy atom. The normalized spacial score (nSPS) is 19.8. The van der Waals surface area contributed by atoms with Crippen LogP contribution in [-0.4, -0.2) is 12.2 Å². The molecule has 2 aliphatic carbocycles. The lowest BCUT2D eigenvalue weighted by atomic mass is 9.77. The molecule has 2 aromatic rings. The molecule has 0 aliphatic heterocycles. The summed E-state index contributed by atoms with van der Waals surface area (Å²) in [5.74, 6) is 0. The fourth-order valence-electron chi connectivity index (χ4n) is 5.34. The maximum absolute atomic E-state index is 13.2. The Bertz CT molecular complexity index is 968. The Kier molecular flexibility index (Phi) is 6.92. The maximum atomic E-state index is 13.2. The summed E-state index contributed by atoms with van der Waals surface area (Å²) >= 11 is 0. The highest BCUT2D eigenvalue weighted by Gasteiger charge is 2.36. The van der Waals surface area contributed by atoms with Gasteiger partial charge in [0.15, 0.2) is 10.6 Å². The average Bonchev–Trinajstić information content (AvgIpc) is 2.85. The molecule has 32 heavy (non-hydrogen) atoms. The van der Waals surface area contributed by atoms with Gasteiger partial charge in [-0.25, -0.2) is 9.59 Å². The van der Waals surface area contributed by atoms with Crippen LogP contribution in [0.2, 0.25) is 0 Å². The van der Waals surface area contributed by atoms with Gasteiger partial charge in [-0.15, -0.1) is 0 Å². The quantitative estimate of drug-likeness (QED) is 0.335. The number of hydrogen-bond acceptors (Lipinski definition) is 5. The van der Waals surface area contributed by atoms with Gasteiger partial charge >= 0.3 is 7.80 Å². The van der Waals surface area contributed by atoms with Gasteiger partial charge in [-0.3, -0.25) is 0 Å². The average molecular weight is 447 g/mol. The summed E-state index contributed by atoms with van der Waals surface area (Å²) in [6, 6.07) is 15.4. The van der Waals surface area contributed by atoms with Gasteiger partial charge in [0.25, 0.3) is 0 Å². The molecule has 164 valence electrons. The second-order valence-corrected chi connectivity index (χ2v) is 10.6. The van der Waals surface area contributed by atoms with E-state index in [0.29, 0.717) is 0 Å². The molecule has 2 saturated carbocycles. The Morgan fingerprint density at radius 3 is 1.25 bits per heavy atom. The fraction of sp³-hybridized carbons (Fsp3) is 0.462. The summed E-state index contributed by atoms with van der Waals surface area (Å²) in [6.07, 6.45) is 13.4. The lowest BCUT2D eigenvalue weighted by Gasteiger charge is -2.32. The van der Waals surface area contributed by atoms with Gasteiger partial charge in [-0.2, -0.15) is 9.98 Å². The van der Waals surface area contributed by atoms with Gasteiger partial charge in [-0.1, -0.05) is 67.4 Å². The lowest BCUT2D eigenvalue weighted by Crippen LogP contribution is -2.27. The monoisotopic (exact) mass is 447 g/mol. The van der Waals surface area contributed by atoms with Crippen LogP contribution in [0.1, 0.15) is 75.3 Å². The standard InChI is InChI=1S/C26H28N2O3P/c29-19-27-25(15-3-1-4-16-25)21-7-11-23(12-8-21)32(31)24-13-9-22(10-14-24)26(28-20-30)17-5-2-6-18-26/h7-14H,1-6,15-18H2/q+1. The minimum Gasteiger partial charge on any atom is -0.211 e. The van der Waals surface area contributed by atoms with Crippen molar-refractivity contribution in [3.8, 4) is 0 Å². The van der Waals surface area contributed by atoms with Crippen molar-refractivity contribution < 1.29 is 14.2 Å². The fourth-order valence-corrected chi connectivity index (χ4v) is 6.48. The number of benzene rings is 2. The van der Waals surface area contributed by atoms with Crippen LogP contribution in [0.25, 0.3) is 0 Å². The van der Waals surface area contributed by atoms with E-state index in [0.717, 1.165) is 85.9 Å². The van der Waals surface area contributed by atoms with Crippen molar-refractivity contribution in [2.45, 2.75) is 75.3 Å². The highest BCUT2D eigenvalue weighted by Crippen LogP contribution is 2.41. The van der Waals surface area contributed by atoms with Crippen molar-refractivity contribution in [3.05, 3.63) is 59.7 Å². The molecule has 0 amide bonds. The molecule has 6 heteroatoms. The summed E-state index contributed by atoms with van der Waals surface area (Å²) in [5.41, 5.74) is 1.02. The molecular formula is C26H28N2O3P+. The third kappa shape index (κ3) is 4.43. The SMILES string of the molecule is O=C=NC1(c2ccc([P+](=O)c3ccc(C4(N=C=O)CCCCC4)cc3)cc2)CCCCC1. The van der Waals surface area contributed by atoms with E-state index in [-0.39, 0.29) is 0 Å². The van der Waals surface area contributed by atoms with Crippen LogP contribution >= 0.6 is 7.80 Å². The van der Waals surface area contributed by atoms with E-state index in [9.17, 15) is 14.2 Å². The summed E-state index contributed by atoms with van der Waals surface area (Å²) in [5, 5.41) is 1.49. The van der Waals surface area contributed by atoms with Crippen molar-refractivity contribution in [1.82, 2.24) is 0 Å². The molecular weight excluding hydrogens is 419 g/mol. The van der Waals surface area contributed by atoms with Gasteiger partial charge in [0.1, 0.15) is 0 Å². The second-order valence-electron chi connectivity index (χ2n) is 8.98. The third-order valence-corrected chi connectivity index (χ3v) is 8.69. The first-order valence-electron chi connectivity index (χ1n) is 11.5. The molecule has 2 aliphatic rings. The Morgan fingerprint density at radius 2 is 0.938 bits per heavy atom. The van der Waals surface area contributed by atoms with Crippen LogP contribution in [0.15, 0.2) is 58.5 Å². The molecule has 0 bridgehead atoms. The van der Waals surface area contributed by atoms with Crippen molar-refractivity contribution in [2.24, 2.45) is 9.98 Å². The minimum atomic E-state index is -1.75. The predicted molar refractivity (Wildman–Crippen MR) is 126 cm³/mol. The van der Waals surface area contributed by atoms with Gasteiger partial charge < -0.3 is 0 Å². The van der Waals surface area contributed by atoms with E-state index in [4.69, 9.17) is 0 Å². The molecule has 0 heterocycles. The molecule has 0 aromatic heterocycles. The van der Waals surface area contributed by atoms with Crippen LogP contribution < -0.4 is 10.6 Å². The number of hydrogen-bond donors (Lipinski definition) is 0. The predicted octanol–water partition coefficient (Wildman–Crippen LogP) is 5.46. The van der Waals surface area contributed by atoms with E-state index in [1.165, 1.54) is 0 Å². The molecule has 0 atom stereocenters. The van der Waals surface area contributed by atoms with Crippen molar-refractivity contribution >= 4 is 30.6 Å². The first-order chi connectivity index (χ1) is 15.6. The Hall–Kier alpha value is -2.70. The van der Waals surface area contributed by atoms with E-state index in [1.807, 2.05) is 48.5 Å². The van der Waals surface area contributed by atoms with Gasteiger partial charge in [0.05, 0.1) is 11.1 Å². The largest absolute Gasteiger partial charge is 0.415 e. The van der Waals surface area contributed by atoms with Crippen molar-refractivity contribution in [3.63, 3.8) is 0 Å². The van der Waals surface area contributed by atoms with E-state index >= 15 is 0 Å². The second kappa shape index (κ2) is 9.84. The molecule has 0 spiro atoms.